The molecule has 0 spiro atoms. The van der Waals surface area contributed by atoms with E-state index >= 15 is 0 Å². The number of hydrogen-bond donors (Lipinski definition) is 0. The maximum absolute atomic E-state index is 12.6. The van der Waals surface area contributed by atoms with E-state index in [9.17, 15) is 4.79 Å². The van der Waals surface area contributed by atoms with Crippen molar-refractivity contribution in [2.75, 3.05) is 59.1 Å². The van der Waals surface area contributed by atoms with Gasteiger partial charge in [-0.1, -0.05) is 18.2 Å². The Morgan fingerprint density at radius 3 is 2.42 bits per heavy atom. The number of benzene rings is 1. The van der Waals surface area contributed by atoms with Crippen LogP contribution in [-0.4, -0.2) is 79.8 Å². The molecular weight excluding hydrogens is 306 g/mol. The summed E-state index contributed by atoms with van der Waals surface area (Å²) >= 11 is 0. The molecule has 24 heavy (non-hydrogen) atoms. The van der Waals surface area contributed by atoms with Gasteiger partial charge in [0.25, 0.3) is 0 Å². The van der Waals surface area contributed by atoms with Gasteiger partial charge in [0, 0.05) is 57.3 Å². The summed E-state index contributed by atoms with van der Waals surface area (Å²) < 4.78 is 11.1. The Balaban J connectivity index is 1.37. The molecule has 3 aliphatic heterocycles. The average molecular weight is 331 g/mol. The quantitative estimate of drug-likeness (QED) is 0.784. The fourth-order valence-electron chi connectivity index (χ4n) is 3.88. The van der Waals surface area contributed by atoms with Crippen molar-refractivity contribution in [2.45, 2.75) is 12.5 Å². The van der Waals surface area contributed by atoms with Crippen LogP contribution in [0.1, 0.15) is 18.0 Å². The first-order chi connectivity index (χ1) is 11.8. The fourth-order valence-corrected chi connectivity index (χ4v) is 3.88. The minimum atomic E-state index is 0.172. The van der Waals surface area contributed by atoms with Gasteiger partial charge < -0.3 is 19.3 Å². The second kappa shape index (κ2) is 6.99. The van der Waals surface area contributed by atoms with E-state index in [1.807, 2.05) is 15.9 Å². The van der Waals surface area contributed by atoms with E-state index in [4.69, 9.17) is 9.47 Å². The predicted octanol–water partition coefficient (Wildman–Crippen LogP) is 1.58. The van der Waals surface area contributed by atoms with E-state index in [-0.39, 0.29) is 6.03 Å². The van der Waals surface area contributed by atoms with Crippen LogP contribution in [0.4, 0.5) is 4.79 Å². The molecule has 0 saturated carbocycles. The van der Waals surface area contributed by atoms with Crippen molar-refractivity contribution in [3.8, 4) is 5.75 Å². The van der Waals surface area contributed by atoms with Gasteiger partial charge in [-0.2, -0.15) is 0 Å². The zero-order valence-corrected chi connectivity index (χ0v) is 14.0. The number of para-hydroxylation sites is 1. The van der Waals surface area contributed by atoms with E-state index in [1.54, 1.807) is 0 Å². The summed E-state index contributed by atoms with van der Waals surface area (Å²) in [7, 11) is 0. The predicted molar refractivity (Wildman–Crippen MR) is 90.2 cm³/mol. The largest absolute Gasteiger partial charge is 0.493 e. The SMILES string of the molecule is O=C(N1CCOCC1)N1CCN(C2CCOc3ccccc32)CC1. The first-order valence-corrected chi connectivity index (χ1v) is 8.90. The van der Waals surface area contributed by atoms with Crippen molar-refractivity contribution >= 4 is 6.03 Å². The molecule has 3 heterocycles. The van der Waals surface area contributed by atoms with Crippen LogP contribution in [0.25, 0.3) is 0 Å². The number of morpholine rings is 1. The van der Waals surface area contributed by atoms with Crippen molar-refractivity contribution in [3.63, 3.8) is 0 Å². The van der Waals surface area contributed by atoms with Crippen molar-refractivity contribution in [2.24, 2.45) is 0 Å². The molecule has 2 fully saturated rings. The minimum Gasteiger partial charge on any atom is -0.493 e. The Bertz CT molecular complexity index is 581. The smallest absolute Gasteiger partial charge is 0.320 e. The van der Waals surface area contributed by atoms with E-state index in [0.717, 1.165) is 45.0 Å². The number of carbonyl (C=O) groups excluding carboxylic acids is 1. The molecule has 3 aliphatic rings. The molecule has 0 aliphatic carbocycles. The van der Waals surface area contributed by atoms with E-state index in [0.29, 0.717) is 32.3 Å². The highest BCUT2D eigenvalue weighted by molar-refractivity contribution is 5.74. The molecule has 130 valence electrons. The number of nitrogens with zero attached hydrogens (tertiary/aromatic N) is 3. The standard InChI is InChI=1S/C18H25N3O3/c22-18(21-10-13-23-14-11-21)20-8-6-19(7-9-20)16-5-12-24-17-4-2-1-3-15(16)17/h1-4,16H,5-14H2. The van der Waals surface area contributed by atoms with Crippen LogP contribution in [-0.2, 0) is 4.74 Å². The molecule has 2 saturated heterocycles. The number of rotatable bonds is 1. The lowest BCUT2D eigenvalue weighted by atomic mass is 9.98. The molecule has 4 rings (SSSR count). The summed E-state index contributed by atoms with van der Waals surface area (Å²) in [5.74, 6) is 1.01. The van der Waals surface area contributed by atoms with Crippen molar-refractivity contribution < 1.29 is 14.3 Å². The zero-order valence-electron chi connectivity index (χ0n) is 14.0. The number of piperazine rings is 1. The number of carbonyl (C=O) groups is 1. The maximum atomic E-state index is 12.6. The third-order valence-corrected chi connectivity index (χ3v) is 5.23. The van der Waals surface area contributed by atoms with Gasteiger partial charge in [-0.25, -0.2) is 4.79 Å². The van der Waals surface area contributed by atoms with Crippen LogP contribution in [0.5, 0.6) is 5.75 Å². The highest BCUT2D eigenvalue weighted by Gasteiger charge is 2.32. The Morgan fingerprint density at radius 1 is 0.917 bits per heavy atom. The van der Waals surface area contributed by atoms with Crippen molar-refractivity contribution in [1.82, 2.24) is 14.7 Å². The number of fused-ring (bicyclic) bond motifs is 1. The van der Waals surface area contributed by atoms with Crippen molar-refractivity contribution in [3.05, 3.63) is 29.8 Å². The maximum Gasteiger partial charge on any atom is 0.320 e. The molecule has 6 heteroatoms. The van der Waals surface area contributed by atoms with Gasteiger partial charge in [-0.3, -0.25) is 4.90 Å². The van der Waals surface area contributed by atoms with Gasteiger partial charge >= 0.3 is 6.03 Å². The molecule has 0 radical (unpaired) electrons. The second-order valence-corrected chi connectivity index (χ2v) is 6.60. The van der Waals surface area contributed by atoms with Crippen LogP contribution in [0.2, 0.25) is 0 Å². The average Bonchev–Trinajstić information content (AvgIpc) is 2.68. The molecule has 1 atom stereocenters. The molecule has 6 nitrogen and oxygen atoms in total. The minimum absolute atomic E-state index is 0.172. The fraction of sp³-hybridized carbons (Fsp3) is 0.611. The van der Waals surface area contributed by atoms with Crippen LogP contribution < -0.4 is 4.74 Å². The topological polar surface area (TPSA) is 45.2 Å². The monoisotopic (exact) mass is 331 g/mol. The summed E-state index contributed by atoms with van der Waals surface area (Å²) in [5, 5.41) is 0. The molecule has 0 aromatic heterocycles. The summed E-state index contributed by atoms with van der Waals surface area (Å²) in [6.45, 7) is 6.97. The van der Waals surface area contributed by atoms with E-state index < -0.39 is 0 Å². The molecule has 1 unspecified atom stereocenters. The Labute approximate surface area is 142 Å². The lowest BCUT2D eigenvalue weighted by Crippen LogP contribution is -2.55. The number of hydrogen-bond acceptors (Lipinski definition) is 4. The summed E-state index contributed by atoms with van der Waals surface area (Å²) in [6, 6.07) is 8.92. The Kier molecular flexibility index (Phi) is 4.58. The number of urea groups is 1. The lowest BCUT2D eigenvalue weighted by Gasteiger charge is -2.42. The normalized spacial score (nSPS) is 25.1. The van der Waals surface area contributed by atoms with Crippen LogP contribution in [0, 0.1) is 0 Å². The third kappa shape index (κ3) is 3.08. The van der Waals surface area contributed by atoms with Crippen LogP contribution in [0.3, 0.4) is 0 Å². The van der Waals surface area contributed by atoms with Gasteiger partial charge in [-0.05, 0) is 6.07 Å². The third-order valence-electron chi connectivity index (χ3n) is 5.23. The molecule has 0 bridgehead atoms. The molecular formula is C18H25N3O3. The van der Waals surface area contributed by atoms with Gasteiger partial charge in [-0.15, -0.1) is 0 Å². The molecule has 1 aromatic carbocycles. The van der Waals surface area contributed by atoms with E-state index in [1.165, 1.54) is 5.56 Å². The molecule has 2 amide bonds. The van der Waals surface area contributed by atoms with Gasteiger partial charge in [0.15, 0.2) is 0 Å². The Morgan fingerprint density at radius 2 is 1.62 bits per heavy atom. The van der Waals surface area contributed by atoms with E-state index in [2.05, 4.69) is 23.1 Å². The second-order valence-electron chi connectivity index (χ2n) is 6.60. The highest BCUT2D eigenvalue weighted by Crippen LogP contribution is 2.36. The zero-order chi connectivity index (χ0) is 16.4. The summed E-state index contributed by atoms with van der Waals surface area (Å²) in [4.78, 5) is 19.0. The first-order valence-electron chi connectivity index (χ1n) is 8.90. The van der Waals surface area contributed by atoms with Crippen LogP contribution in [0.15, 0.2) is 24.3 Å². The van der Waals surface area contributed by atoms with Crippen LogP contribution >= 0.6 is 0 Å². The highest BCUT2D eigenvalue weighted by atomic mass is 16.5. The summed E-state index contributed by atoms with van der Waals surface area (Å²) in [5.41, 5.74) is 1.29. The number of amides is 2. The summed E-state index contributed by atoms with van der Waals surface area (Å²) in [6.07, 6.45) is 1.02. The van der Waals surface area contributed by atoms with Gasteiger partial charge in [0.05, 0.1) is 19.8 Å². The lowest BCUT2D eigenvalue weighted by molar-refractivity contribution is 0.0322. The van der Waals surface area contributed by atoms with Gasteiger partial charge in [0.2, 0.25) is 0 Å². The van der Waals surface area contributed by atoms with Gasteiger partial charge in [0.1, 0.15) is 5.75 Å². The molecule has 0 N–H and O–H groups in total. The molecule has 1 aromatic rings. The number of ether oxygens (including phenoxy) is 2. The first kappa shape index (κ1) is 15.7. The Hall–Kier alpha value is -1.79. The van der Waals surface area contributed by atoms with Crippen molar-refractivity contribution in [1.29, 1.82) is 0 Å².